The fourth-order valence-electron chi connectivity index (χ4n) is 3.07. The number of nitrogens with zero attached hydrogens (tertiary/aromatic N) is 4. The highest BCUT2D eigenvalue weighted by atomic mass is 35.5. The highest BCUT2D eigenvalue weighted by Gasteiger charge is 2.32. The molecule has 0 bridgehead atoms. The first-order valence-electron chi connectivity index (χ1n) is 8.84. The predicted octanol–water partition coefficient (Wildman–Crippen LogP) is 5.55. The second kappa shape index (κ2) is 8.19. The van der Waals surface area contributed by atoms with Gasteiger partial charge in [0.15, 0.2) is 0 Å². The number of rotatable bonds is 4. The molecule has 0 aliphatic rings. The van der Waals surface area contributed by atoms with E-state index in [4.69, 9.17) is 16.1 Å². The Morgan fingerprint density at radius 1 is 1.10 bits per heavy atom. The van der Waals surface area contributed by atoms with Crippen molar-refractivity contribution in [1.82, 2.24) is 15.1 Å². The number of para-hydroxylation sites is 1. The van der Waals surface area contributed by atoms with E-state index >= 15 is 0 Å². The monoisotopic (exact) mass is 444 g/mol. The van der Waals surface area contributed by atoms with Gasteiger partial charge in [0.1, 0.15) is 35.2 Å². The van der Waals surface area contributed by atoms with Crippen LogP contribution in [0.4, 0.5) is 24.7 Å². The maximum atomic E-state index is 14.7. The van der Waals surface area contributed by atoms with Crippen LogP contribution in [-0.2, 0) is 4.79 Å². The summed E-state index contributed by atoms with van der Waals surface area (Å²) in [7, 11) is 0. The molecule has 0 radical (unpaired) electrons. The first kappa shape index (κ1) is 20.5. The Hall–Kier alpha value is -3.72. The van der Waals surface area contributed by atoms with E-state index < -0.39 is 23.4 Å². The summed E-state index contributed by atoms with van der Waals surface area (Å²) >= 11 is 6.16. The first-order valence-corrected chi connectivity index (χ1v) is 9.22. The maximum Gasteiger partial charge on any atom is 0.248 e. The van der Waals surface area contributed by atoms with Gasteiger partial charge in [-0.3, -0.25) is 4.79 Å². The molecule has 0 saturated heterocycles. The standard InChI is InChI=1S/C21H12ClF3N4O2/c1-11(30)29(20-14(22)3-2-4-15(20)24)21-18(17-7-8-26-10-27-17)19(28-31-21)13-6-5-12(23)9-16(13)25/h2-10H,1H3. The average Bonchev–Trinajstić information content (AvgIpc) is 3.15. The van der Waals surface area contributed by atoms with E-state index in [9.17, 15) is 18.0 Å². The average molecular weight is 445 g/mol. The van der Waals surface area contributed by atoms with Gasteiger partial charge in [0.25, 0.3) is 0 Å². The van der Waals surface area contributed by atoms with Gasteiger partial charge in [-0.2, -0.15) is 0 Å². The zero-order valence-electron chi connectivity index (χ0n) is 15.8. The second-order valence-corrected chi connectivity index (χ2v) is 6.76. The Bertz CT molecular complexity index is 1260. The van der Waals surface area contributed by atoms with Crippen LogP contribution >= 0.6 is 11.6 Å². The Balaban J connectivity index is 2.02. The number of hydrogen-bond donors (Lipinski definition) is 0. The number of benzene rings is 2. The molecule has 0 aliphatic carbocycles. The van der Waals surface area contributed by atoms with Crippen molar-refractivity contribution in [3.05, 3.63) is 77.5 Å². The van der Waals surface area contributed by atoms with Gasteiger partial charge in [0, 0.05) is 24.8 Å². The third-order valence-electron chi connectivity index (χ3n) is 4.38. The molecule has 10 heteroatoms. The predicted molar refractivity (Wildman–Crippen MR) is 107 cm³/mol. The molecule has 2 aromatic carbocycles. The number of hydrogen-bond acceptors (Lipinski definition) is 5. The minimum Gasteiger partial charge on any atom is -0.336 e. The summed E-state index contributed by atoms with van der Waals surface area (Å²) in [4.78, 5) is 21.4. The smallest absolute Gasteiger partial charge is 0.248 e. The number of aromatic nitrogens is 3. The SMILES string of the molecule is CC(=O)N(c1onc(-c2ccc(F)cc2F)c1-c1ccncn1)c1c(F)cccc1Cl. The normalized spacial score (nSPS) is 10.9. The summed E-state index contributed by atoms with van der Waals surface area (Å²) in [5, 5.41) is 3.82. The summed E-state index contributed by atoms with van der Waals surface area (Å²) in [6.07, 6.45) is 2.64. The molecule has 0 N–H and O–H groups in total. The van der Waals surface area contributed by atoms with Gasteiger partial charge in [0.2, 0.25) is 11.8 Å². The van der Waals surface area contributed by atoms with Crippen molar-refractivity contribution < 1.29 is 22.5 Å². The zero-order chi connectivity index (χ0) is 22.1. The summed E-state index contributed by atoms with van der Waals surface area (Å²) < 4.78 is 48.0. The van der Waals surface area contributed by atoms with Crippen LogP contribution < -0.4 is 4.90 Å². The van der Waals surface area contributed by atoms with E-state index in [2.05, 4.69) is 15.1 Å². The lowest BCUT2D eigenvalue weighted by Gasteiger charge is -2.20. The molecule has 4 rings (SSSR count). The molecule has 2 aromatic heterocycles. The molecule has 0 atom stereocenters. The van der Waals surface area contributed by atoms with Crippen molar-refractivity contribution in [3.8, 4) is 22.5 Å². The van der Waals surface area contributed by atoms with Crippen LogP contribution in [-0.4, -0.2) is 21.0 Å². The fraction of sp³-hybridized carbons (Fsp3) is 0.0476. The fourth-order valence-corrected chi connectivity index (χ4v) is 3.32. The lowest BCUT2D eigenvalue weighted by molar-refractivity contribution is -0.116. The van der Waals surface area contributed by atoms with E-state index in [1.807, 2.05) is 0 Å². The second-order valence-electron chi connectivity index (χ2n) is 6.35. The van der Waals surface area contributed by atoms with Crippen molar-refractivity contribution in [2.24, 2.45) is 0 Å². The largest absolute Gasteiger partial charge is 0.336 e. The quantitative estimate of drug-likeness (QED) is 0.412. The van der Waals surface area contributed by atoms with Gasteiger partial charge in [-0.1, -0.05) is 22.8 Å². The molecule has 2 heterocycles. The lowest BCUT2D eigenvalue weighted by Crippen LogP contribution is -2.24. The number of carbonyl (C=O) groups is 1. The van der Waals surface area contributed by atoms with Crippen molar-refractivity contribution in [1.29, 1.82) is 0 Å². The number of halogens is 4. The van der Waals surface area contributed by atoms with Crippen LogP contribution in [0.25, 0.3) is 22.5 Å². The van der Waals surface area contributed by atoms with E-state index in [1.165, 1.54) is 43.7 Å². The Morgan fingerprint density at radius 2 is 1.90 bits per heavy atom. The van der Waals surface area contributed by atoms with Crippen molar-refractivity contribution in [3.63, 3.8) is 0 Å². The van der Waals surface area contributed by atoms with E-state index in [-0.39, 0.29) is 39.1 Å². The number of anilines is 2. The topological polar surface area (TPSA) is 72.1 Å². The lowest BCUT2D eigenvalue weighted by atomic mass is 10.0. The summed E-state index contributed by atoms with van der Waals surface area (Å²) in [6, 6.07) is 8.28. The maximum absolute atomic E-state index is 14.7. The Labute approximate surface area is 178 Å². The summed E-state index contributed by atoms with van der Waals surface area (Å²) in [6.45, 7) is 1.17. The molecule has 0 aliphatic heterocycles. The van der Waals surface area contributed by atoms with E-state index in [0.717, 1.165) is 17.0 Å². The Morgan fingerprint density at radius 3 is 2.55 bits per heavy atom. The van der Waals surface area contributed by atoms with Gasteiger partial charge >= 0.3 is 0 Å². The molecule has 31 heavy (non-hydrogen) atoms. The number of carbonyl (C=O) groups excluding carboxylic acids is 1. The molecule has 6 nitrogen and oxygen atoms in total. The third-order valence-corrected chi connectivity index (χ3v) is 4.68. The van der Waals surface area contributed by atoms with Gasteiger partial charge in [0.05, 0.1) is 16.3 Å². The summed E-state index contributed by atoms with van der Waals surface area (Å²) in [5.41, 5.74) is -0.154. The van der Waals surface area contributed by atoms with Crippen LogP contribution in [0.3, 0.4) is 0 Å². The van der Waals surface area contributed by atoms with Gasteiger partial charge in [-0.05, 0) is 30.3 Å². The minimum atomic E-state index is -0.909. The molecular formula is C21H12ClF3N4O2. The van der Waals surface area contributed by atoms with Crippen LogP contribution in [0, 0.1) is 17.5 Å². The van der Waals surface area contributed by atoms with Gasteiger partial charge in [-0.15, -0.1) is 0 Å². The van der Waals surface area contributed by atoms with Crippen molar-refractivity contribution in [2.75, 3.05) is 4.90 Å². The molecule has 0 unspecified atom stereocenters. The first-order chi connectivity index (χ1) is 14.9. The van der Waals surface area contributed by atoms with Crippen LogP contribution in [0.2, 0.25) is 5.02 Å². The van der Waals surface area contributed by atoms with Crippen LogP contribution in [0.15, 0.2) is 59.5 Å². The third kappa shape index (κ3) is 3.75. The summed E-state index contributed by atoms with van der Waals surface area (Å²) in [5.74, 6) is -3.37. The zero-order valence-corrected chi connectivity index (χ0v) is 16.6. The molecule has 0 fully saturated rings. The molecule has 0 spiro atoms. The molecule has 156 valence electrons. The highest BCUT2D eigenvalue weighted by Crippen LogP contribution is 2.44. The molecule has 4 aromatic rings. The van der Waals surface area contributed by atoms with Gasteiger partial charge in [-0.25, -0.2) is 28.0 Å². The van der Waals surface area contributed by atoms with Crippen LogP contribution in [0.1, 0.15) is 6.92 Å². The highest BCUT2D eigenvalue weighted by molar-refractivity contribution is 6.34. The molecular weight excluding hydrogens is 433 g/mol. The van der Waals surface area contributed by atoms with Gasteiger partial charge < -0.3 is 4.52 Å². The minimum absolute atomic E-state index is 0.0604. The Kier molecular flexibility index (Phi) is 5.43. The van der Waals surface area contributed by atoms with E-state index in [0.29, 0.717) is 6.07 Å². The van der Waals surface area contributed by atoms with Crippen molar-refractivity contribution >= 4 is 29.1 Å². The van der Waals surface area contributed by atoms with Crippen LogP contribution in [0.5, 0.6) is 0 Å². The van der Waals surface area contributed by atoms with Crippen molar-refractivity contribution in [2.45, 2.75) is 6.92 Å². The molecule has 0 saturated carbocycles. The number of amides is 1. The molecule has 1 amide bonds. The van der Waals surface area contributed by atoms with E-state index in [1.54, 1.807) is 0 Å².